The topological polar surface area (TPSA) is 68.5 Å². The van der Waals surface area contributed by atoms with Crippen LogP contribution in [0, 0.1) is 25.2 Å². The molecule has 0 bridgehead atoms. The van der Waals surface area contributed by atoms with Crippen LogP contribution >= 0.6 is 0 Å². The zero-order chi connectivity index (χ0) is 22.4. The Bertz CT molecular complexity index is 1170. The summed E-state index contributed by atoms with van der Waals surface area (Å²) in [6.07, 6.45) is 1.76. The molecule has 5 heteroatoms. The lowest BCUT2D eigenvalue weighted by Gasteiger charge is -2.09. The van der Waals surface area contributed by atoms with Gasteiger partial charge in [-0.3, -0.25) is 0 Å². The average molecular weight is 413 g/mol. The zero-order valence-electron chi connectivity index (χ0n) is 17.9. The van der Waals surface area contributed by atoms with E-state index in [1.807, 2.05) is 26.0 Å². The molecule has 31 heavy (non-hydrogen) atoms. The number of benzene rings is 3. The lowest BCUT2D eigenvalue weighted by Crippen LogP contribution is -2.08. The summed E-state index contributed by atoms with van der Waals surface area (Å²) in [5, 5.41) is 9.61. The van der Waals surface area contributed by atoms with Gasteiger partial charge >= 0.3 is 5.97 Å². The predicted octanol–water partition coefficient (Wildman–Crippen LogP) is 5.60. The van der Waals surface area contributed by atoms with E-state index in [9.17, 15) is 10.1 Å². The number of nitriles is 1. The molecule has 0 fully saturated rings. The van der Waals surface area contributed by atoms with Crippen LogP contribution in [0.15, 0.2) is 60.7 Å². The lowest BCUT2D eigenvalue weighted by atomic mass is 10.0. The summed E-state index contributed by atoms with van der Waals surface area (Å²) in [5.74, 6) is 1.17. The highest BCUT2D eigenvalue weighted by molar-refractivity contribution is 5.92. The van der Waals surface area contributed by atoms with Crippen LogP contribution in [0.4, 0.5) is 0 Å². The standard InChI is InChI=1S/C26H23NO4/c1-17-5-8-21(13-18(17)2)26(28)31-23-10-6-19(7-11-23)14-22(16-27)20-9-12-24(29-3)25(15-20)30-4/h5-15H,1-4H3/b22-14-. The molecule has 0 spiro atoms. The predicted molar refractivity (Wildman–Crippen MR) is 120 cm³/mol. The van der Waals surface area contributed by atoms with E-state index in [1.165, 1.54) is 0 Å². The second-order valence-electron chi connectivity index (χ2n) is 7.00. The molecule has 0 saturated carbocycles. The van der Waals surface area contributed by atoms with Gasteiger partial charge in [-0.25, -0.2) is 4.79 Å². The molecule has 5 nitrogen and oxygen atoms in total. The van der Waals surface area contributed by atoms with Crippen molar-refractivity contribution in [3.8, 4) is 23.3 Å². The number of esters is 1. The van der Waals surface area contributed by atoms with E-state index < -0.39 is 5.97 Å². The molecule has 0 aliphatic carbocycles. The van der Waals surface area contributed by atoms with E-state index >= 15 is 0 Å². The Hall–Kier alpha value is -4.04. The van der Waals surface area contributed by atoms with Crippen molar-refractivity contribution in [1.82, 2.24) is 0 Å². The Morgan fingerprint density at radius 2 is 1.52 bits per heavy atom. The van der Waals surface area contributed by atoms with Gasteiger partial charge in [0, 0.05) is 0 Å². The fourth-order valence-corrected chi connectivity index (χ4v) is 3.02. The van der Waals surface area contributed by atoms with Gasteiger partial charge in [-0.1, -0.05) is 18.2 Å². The van der Waals surface area contributed by atoms with Crippen molar-refractivity contribution in [2.45, 2.75) is 13.8 Å². The van der Waals surface area contributed by atoms with Crippen LogP contribution in [0.2, 0.25) is 0 Å². The Labute approximate surface area is 182 Å². The molecule has 3 aromatic carbocycles. The molecule has 3 aromatic rings. The number of methoxy groups -OCH3 is 2. The minimum Gasteiger partial charge on any atom is -0.493 e. The maximum Gasteiger partial charge on any atom is 0.343 e. The van der Waals surface area contributed by atoms with Crippen molar-refractivity contribution in [2.75, 3.05) is 14.2 Å². The first kappa shape index (κ1) is 21.7. The normalized spacial score (nSPS) is 10.9. The third kappa shape index (κ3) is 5.12. The van der Waals surface area contributed by atoms with Crippen molar-refractivity contribution in [2.24, 2.45) is 0 Å². The lowest BCUT2D eigenvalue weighted by molar-refractivity contribution is 0.0734. The molecule has 0 heterocycles. The summed E-state index contributed by atoms with van der Waals surface area (Å²) in [6.45, 7) is 3.95. The fraction of sp³-hybridized carbons (Fsp3) is 0.154. The van der Waals surface area contributed by atoms with Crippen LogP contribution in [-0.2, 0) is 0 Å². The number of carbonyl (C=O) groups excluding carboxylic acids is 1. The van der Waals surface area contributed by atoms with E-state index in [0.29, 0.717) is 33.9 Å². The van der Waals surface area contributed by atoms with E-state index in [1.54, 1.807) is 68.8 Å². The number of hydrogen-bond donors (Lipinski definition) is 0. The van der Waals surface area contributed by atoms with Gasteiger partial charge in [0.1, 0.15) is 5.75 Å². The summed E-state index contributed by atoms with van der Waals surface area (Å²) < 4.78 is 16.0. The Balaban J connectivity index is 1.78. The molecular weight excluding hydrogens is 390 g/mol. The van der Waals surface area contributed by atoms with Gasteiger partial charge in [-0.15, -0.1) is 0 Å². The van der Waals surface area contributed by atoms with E-state index in [2.05, 4.69) is 6.07 Å². The quantitative estimate of drug-likeness (QED) is 0.228. The molecule has 0 aliphatic heterocycles. The molecule has 3 rings (SSSR count). The zero-order valence-corrected chi connectivity index (χ0v) is 17.9. The van der Waals surface area contributed by atoms with Crippen LogP contribution in [-0.4, -0.2) is 20.2 Å². The first-order valence-corrected chi connectivity index (χ1v) is 9.69. The van der Waals surface area contributed by atoms with E-state index in [-0.39, 0.29) is 0 Å². The van der Waals surface area contributed by atoms with Crippen molar-refractivity contribution in [3.05, 3.63) is 88.5 Å². The number of aryl methyl sites for hydroxylation is 2. The summed E-state index contributed by atoms with van der Waals surface area (Å²) in [4.78, 5) is 12.4. The molecule has 156 valence electrons. The highest BCUT2D eigenvalue weighted by atomic mass is 16.5. The maximum absolute atomic E-state index is 12.4. The molecule has 0 aromatic heterocycles. The SMILES string of the molecule is COc1ccc(/C(C#N)=C\c2ccc(OC(=O)c3ccc(C)c(C)c3)cc2)cc1OC. The summed E-state index contributed by atoms with van der Waals surface area (Å²) >= 11 is 0. The second-order valence-corrected chi connectivity index (χ2v) is 7.00. The first-order chi connectivity index (χ1) is 14.9. The molecule has 0 unspecified atom stereocenters. The number of carbonyl (C=O) groups is 1. The highest BCUT2D eigenvalue weighted by Gasteiger charge is 2.11. The molecule has 0 atom stereocenters. The molecule has 0 N–H and O–H groups in total. The van der Waals surface area contributed by atoms with Gasteiger partial charge < -0.3 is 14.2 Å². The minimum absolute atomic E-state index is 0.408. The Kier molecular flexibility index (Phi) is 6.74. The summed E-state index contributed by atoms with van der Waals surface area (Å²) in [5.41, 5.74) is 4.65. The van der Waals surface area contributed by atoms with Gasteiger partial charge in [0.05, 0.1) is 31.4 Å². The van der Waals surface area contributed by atoms with E-state index in [0.717, 1.165) is 16.7 Å². The van der Waals surface area contributed by atoms with Gasteiger partial charge in [0.25, 0.3) is 0 Å². The van der Waals surface area contributed by atoms with Crippen LogP contribution in [0.3, 0.4) is 0 Å². The van der Waals surface area contributed by atoms with Crippen LogP contribution in [0.5, 0.6) is 17.2 Å². The summed E-state index contributed by atoms with van der Waals surface area (Å²) in [6, 6.07) is 20.0. The average Bonchev–Trinajstić information content (AvgIpc) is 2.79. The third-order valence-electron chi connectivity index (χ3n) is 4.96. The number of allylic oxidation sites excluding steroid dienone is 1. The van der Waals surface area contributed by atoms with Gasteiger partial charge in [-0.05, 0) is 84.6 Å². The van der Waals surface area contributed by atoms with Gasteiger partial charge in [0.2, 0.25) is 0 Å². The summed E-state index contributed by atoms with van der Waals surface area (Å²) in [7, 11) is 3.11. The van der Waals surface area contributed by atoms with Crippen molar-refractivity contribution >= 4 is 17.6 Å². The van der Waals surface area contributed by atoms with Crippen LogP contribution in [0.1, 0.15) is 32.6 Å². The van der Waals surface area contributed by atoms with Crippen molar-refractivity contribution in [3.63, 3.8) is 0 Å². The van der Waals surface area contributed by atoms with Gasteiger partial charge in [-0.2, -0.15) is 5.26 Å². The maximum atomic E-state index is 12.4. The molecule has 0 amide bonds. The first-order valence-electron chi connectivity index (χ1n) is 9.69. The number of nitrogens with zero attached hydrogens (tertiary/aromatic N) is 1. The Morgan fingerprint density at radius 3 is 2.13 bits per heavy atom. The van der Waals surface area contributed by atoms with Crippen LogP contribution in [0.25, 0.3) is 11.6 Å². The smallest absolute Gasteiger partial charge is 0.343 e. The Morgan fingerprint density at radius 1 is 0.839 bits per heavy atom. The third-order valence-corrected chi connectivity index (χ3v) is 4.96. The monoisotopic (exact) mass is 413 g/mol. The minimum atomic E-state index is -0.408. The van der Waals surface area contributed by atoms with Crippen molar-refractivity contribution in [1.29, 1.82) is 5.26 Å². The molecule has 0 aliphatic rings. The highest BCUT2D eigenvalue weighted by Crippen LogP contribution is 2.31. The number of ether oxygens (including phenoxy) is 3. The fourth-order valence-electron chi connectivity index (χ4n) is 3.02. The second kappa shape index (κ2) is 9.64. The number of hydrogen-bond acceptors (Lipinski definition) is 5. The number of rotatable bonds is 6. The molecule has 0 saturated heterocycles. The van der Waals surface area contributed by atoms with Gasteiger partial charge in [0.15, 0.2) is 11.5 Å². The molecular formula is C26H23NO4. The van der Waals surface area contributed by atoms with Crippen molar-refractivity contribution < 1.29 is 19.0 Å². The van der Waals surface area contributed by atoms with E-state index in [4.69, 9.17) is 14.2 Å². The van der Waals surface area contributed by atoms with Crippen LogP contribution < -0.4 is 14.2 Å². The molecule has 0 radical (unpaired) electrons. The largest absolute Gasteiger partial charge is 0.493 e.